The Kier molecular flexibility index (Phi) is 5.07. The van der Waals surface area contributed by atoms with Crippen molar-refractivity contribution < 1.29 is 0 Å². The predicted octanol–water partition coefficient (Wildman–Crippen LogP) is 3.61. The van der Waals surface area contributed by atoms with E-state index in [1.54, 1.807) is 29.4 Å². The lowest BCUT2D eigenvalue weighted by Gasteiger charge is -2.15. The Hall–Kier alpha value is -3.39. The molecule has 4 aromatic rings. The summed E-state index contributed by atoms with van der Waals surface area (Å²) < 4.78 is 3.57. The Morgan fingerprint density at radius 1 is 0.968 bits per heavy atom. The minimum atomic E-state index is -0.0465. The highest BCUT2D eigenvalue weighted by molar-refractivity contribution is 6.30. The molecule has 4 heterocycles. The summed E-state index contributed by atoms with van der Waals surface area (Å²) in [6.45, 7) is 0. The number of fused-ring (bicyclic) bond motifs is 1. The molecule has 0 radical (unpaired) electrons. The second kappa shape index (κ2) is 8.03. The molecule has 1 saturated carbocycles. The summed E-state index contributed by atoms with van der Waals surface area (Å²) >= 11 is 5.84. The van der Waals surface area contributed by atoms with E-state index in [0.717, 1.165) is 36.3 Å². The third kappa shape index (κ3) is 3.98. The number of nitrogens with zero attached hydrogens (tertiary/aromatic N) is 5. The molecule has 0 bridgehead atoms. The monoisotopic (exact) mass is 435 g/mol. The number of hydrogen-bond donors (Lipinski definition) is 2. The second-order valence-corrected chi connectivity index (χ2v) is 8.27. The molecule has 0 spiro atoms. The van der Waals surface area contributed by atoms with Crippen LogP contribution in [-0.2, 0) is 7.05 Å². The van der Waals surface area contributed by atoms with E-state index < -0.39 is 0 Å². The van der Waals surface area contributed by atoms with E-state index in [9.17, 15) is 4.79 Å². The van der Waals surface area contributed by atoms with Crippen molar-refractivity contribution in [2.45, 2.75) is 31.3 Å². The van der Waals surface area contributed by atoms with Crippen LogP contribution in [0.15, 0.2) is 60.0 Å². The van der Waals surface area contributed by atoms with Gasteiger partial charge in [0.15, 0.2) is 0 Å². The molecule has 9 heteroatoms. The third-order valence-corrected chi connectivity index (χ3v) is 5.91. The summed E-state index contributed by atoms with van der Waals surface area (Å²) in [6, 6.07) is 8.23. The van der Waals surface area contributed by atoms with Crippen LogP contribution < -0.4 is 16.2 Å². The molecule has 5 rings (SSSR count). The van der Waals surface area contributed by atoms with Crippen molar-refractivity contribution in [2.75, 3.05) is 10.6 Å². The van der Waals surface area contributed by atoms with Crippen LogP contribution in [0, 0.1) is 0 Å². The summed E-state index contributed by atoms with van der Waals surface area (Å²) in [6.07, 6.45) is 11.6. The summed E-state index contributed by atoms with van der Waals surface area (Å²) in [5.41, 5.74) is 1.61. The van der Waals surface area contributed by atoms with Crippen molar-refractivity contribution in [2.24, 2.45) is 7.05 Å². The van der Waals surface area contributed by atoms with Crippen molar-refractivity contribution >= 4 is 34.3 Å². The van der Waals surface area contributed by atoms with Gasteiger partial charge in [-0.15, -0.1) is 0 Å². The predicted molar refractivity (Wildman–Crippen MR) is 122 cm³/mol. The highest BCUT2D eigenvalue weighted by Gasteiger charge is 2.25. The van der Waals surface area contributed by atoms with Crippen LogP contribution in [0.2, 0.25) is 5.02 Å². The van der Waals surface area contributed by atoms with E-state index in [0.29, 0.717) is 28.4 Å². The summed E-state index contributed by atoms with van der Waals surface area (Å²) in [5.74, 6) is 1.39. The molecule has 0 saturated heterocycles. The fourth-order valence-corrected chi connectivity index (χ4v) is 4.21. The van der Waals surface area contributed by atoms with Crippen LogP contribution in [0.3, 0.4) is 0 Å². The first-order chi connectivity index (χ1) is 15.1. The summed E-state index contributed by atoms with van der Waals surface area (Å²) in [5, 5.41) is 8.06. The molecule has 0 aliphatic heterocycles. The van der Waals surface area contributed by atoms with Crippen LogP contribution in [-0.4, -0.2) is 36.2 Å². The number of hydrogen-bond acceptors (Lipinski definition) is 6. The SMILES string of the molecule is Cn1ccc2c(=O)n(-c3ccc(N[C@H]4CC[C@H](Nc5ncc(Cl)cn5)C4)nc3)ccc21. The molecule has 2 N–H and O–H groups in total. The van der Waals surface area contributed by atoms with E-state index in [1.807, 2.05) is 42.1 Å². The number of anilines is 2. The van der Waals surface area contributed by atoms with Gasteiger partial charge in [-0.25, -0.2) is 15.0 Å². The van der Waals surface area contributed by atoms with Gasteiger partial charge in [0, 0.05) is 31.5 Å². The quantitative estimate of drug-likeness (QED) is 0.497. The molecule has 2 atom stereocenters. The number of halogens is 1. The number of aryl methyl sites for hydroxylation is 1. The van der Waals surface area contributed by atoms with E-state index in [2.05, 4.69) is 25.6 Å². The first-order valence-electron chi connectivity index (χ1n) is 10.2. The average molecular weight is 436 g/mol. The number of rotatable bonds is 5. The minimum absolute atomic E-state index is 0.0465. The molecular formula is C22H22ClN7O. The molecule has 1 aliphatic carbocycles. The number of nitrogens with one attached hydrogen (secondary N) is 2. The molecule has 158 valence electrons. The van der Waals surface area contributed by atoms with Gasteiger partial charge in [-0.2, -0.15) is 0 Å². The third-order valence-electron chi connectivity index (χ3n) is 5.72. The fourth-order valence-electron chi connectivity index (χ4n) is 4.11. The van der Waals surface area contributed by atoms with Gasteiger partial charge in [0.25, 0.3) is 5.56 Å². The maximum absolute atomic E-state index is 12.8. The van der Waals surface area contributed by atoms with E-state index in [-0.39, 0.29) is 5.56 Å². The standard InChI is InChI=1S/C22H22ClN7O/c1-29-8-6-18-19(29)7-9-30(21(18)31)17-4-5-20(24-13-17)27-15-2-3-16(10-15)28-22-25-11-14(23)12-26-22/h4-9,11-13,15-16H,2-3,10H2,1H3,(H,24,27)(H,25,26,28)/t15-,16-/m0/s1. The smallest absolute Gasteiger partial charge is 0.264 e. The van der Waals surface area contributed by atoms with Crippen LogP contribution in [0.1, 0.15) is 19.3 Å². The molecule has 8 nitrogen and oxygen atoms in total. The van der Waals surface area contributed by atoms with Gasteiger partial charge in [-0.05, 0) is 43.5 Å². The van der Waals surface area contributed by atoms with Crippen LogP contribution in [0.5, 0.6) is 0 Å². The maximum Gasteiger partial charge on any atom is 0.264 e. The van der Waals surface area contributed by atoms with Crippen molar-refractivity contribution in [3.05, 3.63) is 70.6 Å². The fraction of sp³-hybridized carbons (Fsp3) is 0.273. The molecule has 31 heavy (non-hydrogen) atoms. The van der Waals surface area contributed by atoms with Gasteiger partial charge < -0.3 is 15.2 Å². The van der Waals surface area contributed by atoms with Crippen molar-refractivity contribution in [3.63, 3.8) is 0 Å². The van der Waals surface area contributed by atoms with Gasteiger partial charge in [-0.3, -0.25) is 9.36 Å². The van der Waals surface area contributed by atoms with Crippen molar-refractivity contribution in [1.29, 1.82) is 0 Å². The molecule has 0 aromatic carbocycles. The van der Waals surface area contributed by atoms with Crippen molar-refractivity contribution in [3.8, 4) is 5.69 Å². The zero-order valence-corrected chi connectivity index (χ0v) is 17.8. The number of aromatic nitrogens is 5. The summed E-state index contributed by atoms with van der Waals surface area (Å²) in [4.78, 5) is 25.7. The molecule has 0 amide bonds. The van der Waals surface area contributed by atoms with Gasteiger partial charge in [0.2, 0.25) is 5.95 Å². The zero-order chi connectivity index (χ0) is 21.4. The van der Waals surface area contributed by atoms with Gasteiger partial charge in [0.1, 0.15) is 5.82 Å². The first-order valence-corrected chi connectivity index (χ1v) is 10.6. The van der Waals surface area contributed by atoms with Crippen molar-refractivity contribution in [1.82, 2.24) is 24.1 Å². The Morgan fingerprint density at radius 2 is 1.74 bits per heavy atom. The van der Waals surface area contributed by atoms with Gasteiger partial charge >= 0.3 is 0 Å². The number of pyridine rings is 2. The average Bonchev–Trinajstić information content (AvgIpc) is 3.38. The second-order valence-electron chi connectivity index (χ2n) is 7.84. The molecular weight excluding hydrogens is 414 g/mol. The maximum atomic E-state index is 12.8. The molecule has 0 unspecified atom stereocenters. The lowest BCUT2D eigenvalue weighted by Crippen LogP contribution is -2.22. The first kappa shape index (κ1) is 19.6. The van der Waals surface area contributed by atoms with E-state index >= 15 is 0 Å². The van der Waals surface area contributed by atoms with Crippen LogP contribution in [0.25, 0.3) is 16.6 Å². The van der Waals surface area contributed by atoms with E-state index in [1.165, 1.54) is 0 Å². The van der Waals surface area contributed by atoms with E-state index in [4.69, 9.17) is 11.6 Å². The Labute approximate surface area is 183 Å². The Morgan fingerprint density at radius 3 is 2.48 bits per heavy atom. The van der Waals surface area contributed by atoms with Crippen LogP contribution in [0.4, 0.5) is 11.8 Å². The molecule has 1 fully saturated rings. The minimum Gasteiger partial charge on any atom is -0.367 e. The lowest BCUT2D eigenvalue weighted by molar-refractivity contribution is 0.716. The largest absolute Gasteiger partial charge is 0.367 e. The molecule has 4 aromatic heterocycles. The highest BCUT2D eigenvalue weighted by Crippen LogP contribution is 2.25. The van der Waals surface area contributed by atoms with Crippen LogP contribution >= 0.6 is 11.6 Å². The Bertz CT molecular complexity index is 1260. The van der Waals surface area contributed by atoms with Gasteiger partial charge in [-0.1, -0.05) is 11.6 Å². The lowest BCUT2D eigenvalue weighted by atomic mass is 10.2. The topological polar surface area (TPSA) is 89.7 Å². The zero-order valence-electron chi connectivity index (χ0n) is 17.0. The highest BCUT2D eigenvalue weighted by atomic mass is 35.5. The normalized spacial score (nSPS) is 18.4. The summed E-state index contributed by atoms with van der Waals surface area (Å²) in [7, 11) is 1.93. The van der Waals surface area contributed by atoms with Gasteiger partial charge in [0.05, 0.1) is 40.2 Å². The molecule has 1 aliphatic rings. The Balaban J connectivity index is 1.24.